The van der Waals surface area contributed by atoms with Gasteiger partial charge in [-0.15, -0.1) is 0 Å². The average Bonchev–Trinajstić information content (AvgIpc) is 2.85. The van der Waals surface area contributed by atoms with Gasteiger partial charge < -0.3 is 9.84 Å². The fourth-order valence-corrected chi connectivity index (χ4v) is 2.41. The Labute approximate surface area is 112 Å². The third kappa shape index (κ3) is 3.67. The molecule has 1 aliphatic heterocycles. The maximum Gasteiger partial charge on any atom is 0.142 e. The van der Waals surface area contributed by atoms with Crippen LogP contribution in [0.25, 0.3) is 0 Å². The summed E-state index contributed by atoms with van der Waals surface area (Å²) in [5, 5.41) is 10.0. The molecule has 0 aliphatic carbocycles. The van der Waals surface area contributed by atoms with Crippen LogP contribution in [0.3, 0.4) is 0 Å². The predicted molar refractivity (Wildman–Crippen MR) is 69.2 cm³/mol. The summed E-state index contributed by atoms with van der Waals surface area (Å²) in [7, 11) is 0. The summed E-state index contributed by atoms with van der Waals surface area (Å²) in [4.78, 5) is 0. The smallest absolute Gasteiger partial charge is 0.142 e. The molecule has 2 unspecified atom stereocenters. The van der Waals surface area contributed by atoms with Crippen molar-refractivity contribution in [3.63, 3.8) is 0 Å². The standard InChI is InChI=1S/C14H18ClFO2/c15-12-7-6-10(9-13(12)16)14(17)5-1-3-11-4-2-8-18-11/h6-7,9,11,14,17H,1-5,8H2. The van der Waals surface area contributed by atoms with Gasteiger partial charge >= 0.3 is 0 Å². The molecule has 1 aromatic carbocycles. The minimum Gasteiger partial charge on any atom is -0.388 e. The summed E-state index contributed by atoms with van der Waals surface area (Å²) in [6.45, 7) is 0.857. The van der Waals surface area contributed by atoms with Crippen LogP contribution in [0, 0.1) is 5.82 Å². The van der Waals surface area contributed by atoms with Crippen molar-refractivity contribution >= 4 is 11.6 Å². The Morgan fingerprint density at radius 3 is 3.00 bits per heavy atom. The van der Waals surface area contributed by atoms with Gasteiger partial charge in [-0.05, 0) is 49.8 Å². The number of benzene rings is 1. The maximum atomic E-state index is 13.2. The third-order valence-electron chi connectivity index (χ3n) is 3.36. The summed E-state index contributed by atoms with van der Waals surface area (Å²) in [5.41, 5.74) is 0.587. The number of aliphatic hydroxyl groups excluding tert-OH is 1. The van der Waals surface area contributed by atoms with Crippen LogP contribution in [0.5, 0.6) is 0 Å². The molecular weight excluding hydrogens is 255 g/mol. The summed E-state index contributed by atoms with van der Waals surface area (Å²) >= 11 is 5.60. The van der Waals surface area contributed by atoms with Crippen molar-refractivity contribution in [2.45, 2.75) is 44.3 Å². The first kappa shape index (κ1) is 13.8. The second-order valence-electron chi connectivity index (χ2n) is 4.76. The highest BCUT2D eigenvalue weighted by molar-refractivity contribution is 6.30. The Morgan fingerprint density at radius 2 is 2.33 bits per heavy atom. The molecule has 0 radical (unpaired) electrons. The van der Waals surface area contributed by atoms with Crippen LogP contribution in [-0.2, 0) is 4.74 Å². The second kappa shape index (κ2) is 6.50. The summed E-state index contributed by atoms with van der Waals surface area (Å²) in [6, 6.07) is 4.46. The lowest BCUT2D eigenvalue weighted by Crippen LogP contribution is -2.06. The largest absolute Gasteiger partial charge is 0.388 e. The Kier molecular flexibility index (Phi) is 4.98. The van der Waals surface area contributed by atoms with Gasteiger partial charge in [0.15, 0.2) is 0 Å². The normalized spacial score (nSPS) is 21.2. The van der Waals surface area contributed by atoms with E-state index in [-0.39, 0.29) is 5.02 Å². The highest BCUT2D eigenvalue weighted by atomic mass is 35.5. The van der Waals surface area contributed by atoms with Crippen molar-refractivity contribution in [1.82, 2.24) is 0 Å². The zero-order valence-corrected chi connectivity index (χ0v) is 11.0. The van der Waals surface area contributed by atoms with E-state index in [0.29, 0.717) is 18.1 Å². The van der Waals surface area contributed by atoms with E-state index < -0.39 is 11.9 Å². The van der Waals surface area contributed by atoms with E-state index in [1.807, 2.05) is 0 Å². The SMILES string of the molecule is OC(CCCC1CCCO1)c1ccc(Cl)c(F)c1. The van der Waals surface area contributed by atoms with E-state index in [1.165, 1.54) is 12.1 Å². The first-order chi connectivity index (χ1) is 8.66. The van der Waals surface area contributed by atoms with E-state index in [1.54, 1.807) is 6.07 Å². The lowest BCUT2D eigenvalue weighted by Gasteiger charge is -2.13. The van der Waals surface area contributed by atoms with Crippen LogP contribution in [0.1, 0.15) is 43.8 Å². The highest BCUT2D eigenvalue weighted by Crippen LogP contribution is 2.25. The number of halogens is 2. The minimum absolute atomic E-state index is 0.0882. The van der Waals surface area contributed by atoms with Crippen LogP contribution in [0.4, 0.5) is 4.39 Å². The van der Waals surface area contributed by atoms with Crippen LogP contribution >= 0.6 is 11.6 Å². The average molecular weight is 273 g/mol. The number of aliphatic hydroxyl groups is 1. The van der Waals surface area contributed by atoms with E-state index in [2.05, 4.69) is 0 Å². The molecule has 0 aromatic heterocycles. The van der Waals surface area contributed by atoms with Crippen molar-refractivity contribution < 1.29 is 14.2 Å². The molecule has 0 spiro atoms. The van der Waals surface area contributed by atoms with Crippen LogP contribution in [0.2, 0.25) is 5.02 Å². The van der Waals surface area contributed by atoms with Gasteiger partial charge in [0.2, 0.25) is 0 Å². The van der Waals surface area contributed by atoms with Gasteiger partial charge in [-0.2, -0.15) is 0 Å². The number of ether oxygens (including phenoxy) is 1. The van der Waals surface area contributed by atoms with Crippen molar-refractivity contribution in [2.75, 3.05) is 6.61 Å². The van der Waals surface area contributed by atoms with Gasteiger partial charge in [0, 0.05) is 6.61 Å². The van der Waals surface area contributed by atoms with Crippen LogP contribution in [0.15, 0.2) is 18.2 Å². The molecule has 2 atom stereocenters. The zero-order valence-electron chi connectivity index (χ0n) is 10.2. The minimum atomic E-state index is -0.627. The van der Waals surface area contributed by atoms with Gasteiger partial charge in [-0.3, -0.25) is 0 Å². The fraction of sp³-hybridized carbons (Fsp3) is 0.571. The number of hydrogen-bond acceptors (Lipinski definition) is 2. The van der Waals surface area contributed by atoms with Gasteiger partial charge in [-0.25, -0.2) is 4.39 Å². The van der Waals surface area contributed by atoms with Crippen LogP contribution < -0.4 is 0 Å². The summed E-state index contributed by atoms with van der Waals surface area (Å²) in [5.74, 6) is -0.479. The van der Waals surface area contributed by atoms with Gasteiger partial charge in [-0.1, -0.05) is 17.7 Å². The molecule has 1 saturated heterocycles. The van der Waals surface area contributed by atoms with Gasteiger partial charge in [0.25, 0.3) is 0 Å². The van der Waals surface area contributed by atoms with Gasteiger partial charge in [0.1, 0.15) is 5.82 Å². The Bertz CT molecular complexity index is 391. The first-order valence-corrected chi connectivity index (χ1v) is 6.79. The highest BCUT2D eigenvalue weighted by Gasteiger charge is 2.16. The van der Waals surface area contributed by atoms with Crippen molar-refractivity contribution in [3.8, 4) is 0 Å². The summed E-state index contributed by atoms with van der Waals surface area (Å²) in [6.07, 6.45) is 4.45. The van der Waals surface area contributed by atoms with E-state index >= 15 is 0 Å². The van der Waals surface area contributed by atoms with E-state index in [4.69, 9.17) is 16.3 Å². The predicted octanol–water partition coefficient (Wildman–Crippen LogP) is 3.86. The third-order valence-corrected chi connectivity index (χ3v) is 3.66. The maximum absolute atomic E-state index is 13.2. The van der Waals surface area contributed by atoms with Crippen molar-refractivity contribution in [3.05, 3.63) is 34.6 Å². The number of rotatable bonds is 5. The molecule has 0 bridgehead atoms. The lowest BCUT2D eigenvalue weighted by molar-refractivity contribution is 0.0944. The van der Waals surface area contributed by atoms with Crippen molar-refractivity contribution in [1.29, 1.82) is 0 Å². The van der Waals surface area contributed by atoms with E-state index in [0.717, 1.165) is 32.3 Å². The Morgan fingerprint density at radius 1 is 1.50 bits per heavy atom. The zero-order chi connectivity index (χ0) is 13.0. The second-order valence-corrected chi connectivity index (χ2v) is 5.16. The quantitative estimate of drug-likeness (QED) is 0.882. The molecule has 0 saturated carbocycles. The molecule has 18 heavy (non-hydrogen) atoms. The lowest BCUT2D eigenvalue weighted by atomic mass is 10.0. The first-order valence-electron chi connectivity index (χ1n) is 6.41. The monoisotopic (exact) mass is 272 g/mol. The molecule has 1 heterocycles. The Balaban J connectivity index is 1.79. The molecule has 1 fully saturated rings. The fourth-order valence-electron chi connectivity index (χ4n) is 2.30. The van der Waals surface area contributed by atoms with E-state index in [9.17, 15) is 9.50 Å². The molecule has 2 nitrogen and oxygen atoms in total. The molecular formula is C14H18ClFO2. The molecule has 100 valence electrons. The molecule has 2 rings (SSSR count). The topological polar surface area (TPSA) is 29.5 Å². The molecule has 1 aliphatic rings. The molecule has 1 N–H and O–H groups in total. The summed E-state index contributed by atoms with van der Waals surface area (Å²) < 4.78 is 18.8. The van der Waals surface area contributed by atoms with Gasteiger partial charge in [0.05, 0.1) is 17.2 Å². The number of hydrogen-bond donors (Lipinski definition) is 1. The molecule has 1 aromatic rings. The Hall–Kier alpha value is -0.640. The van der Waals surface area contributed by atoms with Crippen LogP contribution in [-0.4, -0.2) is 17.8 Å². The molecule has 0 amide bonds. The molecule has 4 heteroatoms. The van der Waals surface area contributed by atoms with Crippen molar-refractivity contribution in [2.24, 2.45) is 0 Å².